The number of nitrogen functional groups attached to an aromatic ring is 1. The predicted octanol–water partition coefficient (Wildman–Crippen LogP) is 0.264. The molecule has 32 heteroatoms. The highest BCUT2D eigenvalue weighted by Gasteiger charge is 2.43. The number of anilines is 1. The minimum Gasteiger partial charge on any atom is -0.481 e. The van der Waals surface area contributed by atoms with Gasteiger partial charge in [-0.15, -0.1) is 0 Å². The van der Waals surface area contributed by atoms with Crippen molar-refractivity contribution in [1.29, 1.82) is 0 Å². The summed E-state index contributed by atoms with van der Waals surface area (Å²) in [4.78, 5) is 103. The zero-order valence-corrected chi connectivity index (χ0v) is 37.6. The molecule has 1 aliphatic rings. The lowest BCUT2D eigenvalue weighted by Gasteiger charge is -2.19. The summed E-state index contributed by atoms with van der Waals surface area (Å²) in [7, 11) is -14.1. The van der Waals surface area contributed by atoms with E-state index in [1.165, 1.54) is 27.9 Å². The molecule has 0 bridgehead atoms. The number of aliphatic hydroxyl groups is 1. The van der Waals surface area contributed by atoms with Gasteiger partial charge in [-0.2, -0.15) is 8.62 Å². The van der Waals surface area contributed by atoms with Gasteiger partial charge in [-0.3, -0.25) is 23.7 Å². The van der Waals surface area contributed by atoms with Crippen molar-refractivity contribution in [3.63, 3.8) is 0 Å². The van der Waals surface area contributed by atoms with Crippen molar-refractivity contribution >= 4 is 91.6 Å². The largest absolute Gasteiger partial charge is 0.490 e. The van der Waals surface area contributed by atoms with Crippen molar-refractivity contribution in [2.24, 2.45) is 5.73 Å². The van der Waals surface area contributed by atoms with Crippen LogP contribution in [-0.2, 0) is 62.0 Å². The second kappa shape index (κ2) is 25.5. The molecule has 27 nitrogen and oxygen atoms in total. The SMILES string of the molecule is Nc1ncnc2c1c(CCCNC(=O)CCSSCC(N)C(=O)NCCCCCC(=O)NC(CCC(=O)O)C(=O)O)cn2[C@H]1C[C@@H](O)[C@@H](COP(=O)(O)OP(=O)(O)OP(=O)(O)O)O1. The van der Waals surface area contributed by atoms with Gasteiger partial charge in [0, 0.05) is 56.5 Å². The normalized spacial score (nSPS) is 19.4. The van der Waals surface area contributed by atoms with Crippen LogP contribution in [0.15, 0.2) is 12.5 Å². The van der Waals surface area contributed by atoms with Gasteiger partial charge in [0.05, 0.1) is 24.1 Å². The lowest BCUT2D eigenvalue weighted by molar-refractivity contribution is -0.143. The molecule has 0 aromatic carbocycles. The Morgan fingerprint density at radius 1 is 0.921 bits per heavy atom. The minimum absolute atomic E-state index is 0.0516. The second-order valence-corrected chi connectivity index (χ2v) is 20.8. The van der Waals surface area contributed by atoms with Crippen molar-refractivity contribution in [2.45, 2.75) is 94.7 Å². The zero-order chi connectivity index (χ0) is 47.0. The summed E-state index contributed by atoms with van der Waals surface area (Å²) < 4.78 is 54.0. The maximum Gasteiger partial charge on any atom is 0.490 e. The first-order valence-electron chi connectivity index (χ1n) is 19.0. The number of unbranched alkanes of at least 4 members (excludes halogenated alkanes) is 2. The Hall–Kier alpha value is -3.24. The highest BCUT2D eigenvalue weighted by Crippen LogP contribution is 2.66. The van der Waals surface area contributed by atoms with E-state index < -0.39 is 78.4 Å². The number of aliphatic carboxylic acids is 2. The molecule has 3 amide bonds. The van der Waals surface area contributed by atoms with Crippen molar-refractivity contribution in [3.05, 3.63) is 18.1 Å². The van der Waals surface area contributed by atoms with E-state index in [1.807, 2.05) is 0 Å². The van der Waals surface area contributed by atoms with E-state index in [9.17, 15) is 52.6 Å². The summed E-state index contributed by atoms with van der Waals surface area (Å²) in [5.74, 6) is -2.66. The molecule has 1 fully saturated rings. The van der Waals surface area contributed by atoms with Crippen LogP contribution in [-0.4, -0.2) is 135 Å². The molecular formula is C31H51N8O19P3S2. The third-order valence-corrected chi connectivity index (χ3v) is 15.0. The Bertz CT molecular complexity index is 2050. The average Bonchev–Trinajstić information content (AvgIpc) is 3.73. The second-order valence-electron chi connectivity index (χ2n) is 13.7. The number of carboxylic acid groups (broad SMARTS) is 2. The van der Waals surface area contributed by atoms with Crippen LogP contribution in [0.2, 0.25) is 0 Å². The van der Waals surface area contributed by atoms with E-state index in [2.05, 4.69) is 39.1 Å². The van der Waals surface area contributed by atoms with E-state index in [0.29, 0.717) is 73.3 Å². The Balaban J connectivity index is 1.33. The first-order chi connectivity index (χ1) is 29.5. The third-order valence-electron chi connectivity index (χ3n) is 8.73. The molecule has 356 valence electrons. The fourth-order valence-electron chi connectivity index (χ4n) is 5.81. The third kappa shape index (κ3) is 19.8. The first-order valence-corrected chi connectivity index (χ1v) is 26.0. The number of amides is 3. The summed E-state index contributed by atoms with van der Waals surface area (Å²) in [5.41, 5.74) is 13.2. The van der Waals surface area contributed by atoms with Gasteiger partial charge < -0.3 is 71.6 Å². The first kappa shape index (κ1) is 54.1. The van der Waals surface area contributed by atoms with Gasteiger partial charge in [-0.05, 0) is 37.7 Å². The summed E-state index contributed by atoms with van der Waals surface area (Å²) in [6, 6.07) is -2.08. The number of nitrogens with two attached hydrogens (primary N) is 2. The standard InChI is InChI=1S/C31H51N8O19P3S2/c32-19(30(45)35-10-3-1-2-6-24(42)38-20(31(46)47)7-8-26(43)44)16-63-62-12-9-23(41)34-11-4-5-18-14-39(29-27(18)28(33)36-17-37-29)25-13-21(40)22(56-25)15-55-60(51,52)58-61(53,54)57-59(48,49)50/h14,17,19-22,25,40H,1-13,15-16,32H2,(H,34,41)(H,35,45)(H,38,42)(H,43,44)(H,46,47)(H,51,52)(H,53,54)(H2,33,36,37)(H2,48,49,50)/t19?,20?,21-,22-,25-/m1/s1. The maximum atomic E-state index is 12.5. The van der Waals surface area contributed by atoms with Crippen LogP contribution >= 0.6 is 45.1 Å². The van der Waals surface area contributed by atoms with Crippen molar-refractivity contribution in [1.82, 2.24) is 30.5 Å². The molecule has 14 N–H and O–H groups in total. The van der Waals surface area contributed by atoms with Crippen LogP contribution in [0, 0.1) is 0 Å². The molecule has 2 aromatic rings. The van der Waals surface area contributed by atoms with E-state index in [4.69, 9.17) is 36.2 Å². The smallest absolute Gasteiger partial charge is 0.481 e. The van der Waals surface area contributed by atoms with E-state index >= 15 is 0 Å². The van der Waals surface area contributed by atoms with Gasteiger partial charge in [-0.25, -0.2) is 28.5 Å². The van der Waals surface area contributed by atoms with Crippen LogP contribution in [0.3, 0.4) is 0 Å². The average molecular weight is 997 g/mol. The number of carbonyl (C=O) groups is 5. The molecule has 0 saturated carbocycles. The number of hydrogen-bond acceptors (Lipinski definition) is 19. The van der Waals surface area contributed by atoms with Crippen LogP contribution in [0.1, 0.15) is 69.6 Å². The number of ether oxygens (including phenoxy) is 1. The summed E-state index contributed by atoms with van der Waals surface area (Å²) >= 11 is 0. The number of phosphoric ester groups is 1. The van der Waals surface area contributed by atoms with Gasteiger partial charge in [0.25, 0.3) is 0 Å². The quantitative estimate of drug-likeness (QED) is 0.0284. The molecule has 0 spiro atoms. The molecule has 0 aliphatic carbocycles. The van der Waals surface area contributed by atoms with Gasteiger partial charge >= 0.3 is 35.4 Å². The lowest BCUT2D eigenvalue weighted by atomic mass is 10.1. The van der Waals surface area contributed by atoms with Gasteiger partial charge in [0.15, 0.2) is 0 Å². The molecule has 4 unspecified atom stereocenters. The molecule has 63 heavy (non-hydrogen) atoms. The number of aromatic nitrogens is 3. The number of fused-ring (bicyclic) bond motifs is 1. The number of hydrogen-bond donors (Lipinski definition) is 12. The highest BCUT2D eigenvalue weighted by atomic mass is 33.1. The molecule has 1 aliphatic heterocycles. The number of nitrogens with one attached hydrogen (secondary N) is 3. The number of carbonyl (C=O) groups excluding carboxylic acids is 3. The van der Waals surface area contributed by atoms with Crippen molar-refractivity contribution in [3.8, 4) is 0 Å². The lowest BCUT2D eigenvalue weighted by Crippen LogP contribution is -2.42. The molecule has 3 heterocycles. The summed E-state index contributed by atoms with van der Waals surface area (Å²) in [6.45, 7) is -0.233. The molecular weight excluding hydrogens is 945 g/mol. The van der Waals surface area contributed by atoms with E-state index in [0.717, 1.165) is 0 Å². The highest BCUT2D eigenvalue weighted by molar-refractivity contribution is 8.76. The number of phosphoric acid groups is 3. The zero-order valence-electron chi connectivity index (χ0n) is 33.3. The monoisotopic (exact) mass is 996 g/mol. The van der Waals surface area contributed by atoms with Crippen LogP contribution < -0.4 is 27.4 Å². The number of aliphatic hydroxyl groups excluding tert-OH is 1. The Labute approximate surface area is 367 Å². The Kier molecular flexibility index (Phi) is 21.9. The van der Waals surface area contributed by atoms with Crippen molar-refractivity contribution in [2.75, 3.05) is 36.9 Å². The Morgan fingerprint density at radius 2 is 1.63 bits per heavy atom. The Morgan fingerprint density at radius 3 is 2.32 bits per heavy atom. The van der Waals surface area contributed by atoms with E-state index in [1.54, 1.807) is 10.8 Å². The molecule has 3 rings (SSSR count). The van der Waals surface area contributed by atoms with Crippen LogP contribution in [0.25, 0.3) is 11.0 Å². The fourth-order valence-corrected chi connectivity index (χ4v) is 11.0. The molecule has 7 atom stereocenters. The van der Waals surface area contributed by atoms with Crippen LogP contribution in [0.5, 0.6) is 0 Å². The topological polar surface area (TPSA) is 434 Å². The number of rotatable bonds is 30. The summed E-state index contributed by atoms with van der Waals surface area (Å²) in [6.07, 6.45) is 1.40. The fraction of sp³-hybridized carbons (Fsp3) is 0.645. The molecule has 0 radical (unpaired) electrons. The van der Waals surface area contributed by atoms with E-state index in [-0.39, 0.29) is 49.7 Å². The van der Waals surface area contributed by atoms with Gasteiger partial charge in [0.1, 0.15) is 36.2 Å². The molecule has 1 saturated heterocycles. The molecule has 2 aromatic heterocycles. The maximum absolute atomic E-state index is 12.5. The van der Waals surface area contributed by atoms with Crippen molar-refractivity contribution < 1.29 is 90.4 Å². The summed E-state index contributed by atoms with van der Waals surface area (Å²) in [5, 5.41) is 36.8. The van der Waals surface area contributed by atoms with Gasteiger partial charge in [-0.1, -0.05) is 28.0 Å². The van der Waals surface area contributed by atoms with Gasteiger partial charge in [0.2, 0.25) is 17.7 Å². The number of aryl methyl sites for hydroxylation is 1. The number of carboxylic acids is 2. The number of nitrogens with zero attached hydrogens (tertiary/aromatic N) is 3. The van der Waals surface area contributed by atoms with Crippen LogP contribution in [0.4, 0.5) is 5.82 Å². The predicted molar refractivity (Wildman–Crippen MR) is 223 cm³/mol. The minimum atomic E-state index is -5.74.